The molecule has 0 aromatic heterocycles. The molecule has 1 spiro atoms. The van der Waals surface area contributed by atoms with Crippen LogP contribution in [0.4, 0.5) is 4.39 Å². The molecule has 112 valence electrons. The summed E-state index contributed by atoms with van der Waals surface area (Å²) in [6.45, 7) is 4.33. The standard InChI is InChI=1S/C17H20FNO2/c1-10(2)12-7-17(8-12)9-14(20)19-16(21)15(17)11-4-3-5-13(18)6-11/h3-6,10,12,15H,7-9H2,1-2H3,(H,19,20,21). The minimum atomic E-state index is -0.416. The van der Waals surface area contributed by atoms with Crippen molar-refractivity contribution in [3.63, 3.8) is 0 Å². The maximum absolute atomic E-state index is 13.5. The molecule has 1 heterocycles. The molecular weight excluding hydrogens is 269 g/mol. The van der Waals surface area contributed by atoms with Gasteiger partial charge in [-0.05, 0) is 47.8 Å². The third-order valence-corrected chi connectivity index (χ3v) is 5.11. The highest BCUT2D eigenvalue weighted by Crippen LogP contribution is 2.59. The highest BCUT2D eigenvalue weighted by molar-refractivity contribution is 6.02. The Morgan fingerprint density at radius 2 is 2.00 bits per heavy atom. The van der Waals surface area contributed by atoms with Gasteiger partial charge in [0.05, 0.1) is 5.92 Å². The Hall–Kier alpha value is -1.71. The van der Waals surface area contributed by atoms with Crippen molar-refractivity contribution in [2.45, 2.75) is 39.0 Å². The second-order valence-corrected chi connectivity index (χ2v) is 6.85. The van der Waals surface area contributed by atoms with Crippen LogP contribution in [0.1, 0.15) is 44.6 Å². The second-order valence-electron chi connectivity index (χ2n) is 6.85. The molecule has 1 saturated carbocycles. The summed E-state index contributed by atoms with van der Waals surface area (Å²) in [6, 6.07) is 6.21. The smallest absolute Gasteiger partial charge is 0.234 e. The highest BCUT2D eigenvalue weighted by atomic mass is 19.1. The van der Waals surface area contributed by atoms with E-state index < -0.39 is 5.92 Å². The average Bonchev–Trinajstić information content (AvgIpc) is 2.34. The lowest BCUT2D eigenvalue weighted by molar-refractivity contribution is -0.147. The van der Waals surface area contributed by atoms with E-state index in [0.29, 0.717) is 23.8 Å². The number of carbonyl (C=O) groups is 2. The zero-order chi connectivity index (χ0) is 15.2. The second kappa shape index (κ2) is 4.93. The van der Waals surface area contributed by atoms with Gasteiger partial charge in [-0.15, -0.1) is 0 Å². The SMILES string of the molecule is CC(C)C1CC2(CC(=O)NC(=O)C2c2cccc(F)c2)C1. The molecule has 2 fully saturated rings. The quantitative estimate of drug-likeness (QED) is 0.851. The van der Waals surface area contributed by atoms with Crippen LogP contribution < -0.4 is 5.32 Å². The van der Waals surface area contributed by atoms with E-state index in [1.807, 2.05) is 0 Å². The molecule has 1 saturated heterocycles. The first kappa shape index (κ1) is 14.2. The van der Waals surface area contributed by atoms with Crippen LogP contribution in [0.5, 0.6) is 0 Å². The number of rotatable bonds is 2. The Labute approximate surface area is 123 Å². The van der Waals surface area contributed by atoms with Crippen LogP contribution in [-0.4, -0.2) is 11.8 Å². The summed E-state index contributed by atoms with van der Waals surface area (Å²) in [7, 11) is 0. The maximum Gasteiger partial charge on any atom is 0.234 e. The minimum Gasteiger partial charge on any atom is -0.296 e. The zero-order valence-corrected chi connectivity index (χ0v) is 12.4. The number of carbonyl (C=O) groups excluding carboxylic acids is 2. The summed E-state index contributed by atoms with van der Waals surface area (Å²) in [5.74, 6) is -0.148. The third-order valence-electron chi connectivity index (χ3n) is 5.11. The molecule has 3 rings (SSSR count). The Balaban J connectivity index is 1.95. The lowest BCUT2D eigenvalue weighted by Gasteiger charge is -2.55. The van der Waals surface area contributed by atoms with Crippen LogP contribution in [0, 0.1) is 23.1 Å². The minimum absolute atomic E-state index is 0.199. The summed E-state index contributed by atoms with van der Waals surface area (Å²) in [4.78, 5) is 24.1. The van der Waals surface area contributed by atoms with Crippen LogP contribution in [0.3, 0.4) is 0 Å². The predicted molar refractivity (Wildman–Crippen MR) is 76.9 cm³/mol. The number of amides is 2. The summed E-state index contributed by atoms with van der Waals surface area (Å²) in [5.41, 5.74) is 0.365. The number of hydrogen-bond acceptors (Lipinski definition) is 2. The lowest BCUT2D eigenvalue weighted by Crippen LogP contribution is -2.56. The topological polar surface area (TPSA) is 46.2 Å². The number of hydrogen-bond donors (Lipinski definition) is 1. The first-order chi connectivity index (χ1) is 9.91. The van der Waals surface area contributed by atoms with Crippen molar-refractivity contribution in [2.24, 2.45) is 17.3 Å². The van der Waals surface area contributed by atoms with Gasteiger partial charge in [-0.2, -0.15) is 0 Å². The molecule has 1 aliphatic heterocycles. The molecular formula is C17H20FNO2. The molecule has 4 heteroatoms. The van der Waals surface area contributed by atoms with Gasteiger partial charge in [0, 0.05) is 6.42 Å². The van der Waals surface area contributed by atoms with E-state index in [4.69, 9.17) is 0 Å². The van der Waals surface area contributed by atoms with Gasteiger partial charge < -0.3 is 0 Å². The molecule has 1 aromatic carbocycles. The summed E-state index contributed by atoms with van der Waals surface area (Å²) in [6.07, 6.45) is 2.10. The fourth-order valence-corrected chi connectivity index (χ4v) is 3.98. The number of halogens is 1. The van der Waals surface area contributed by atoms with Gasteiger partial charge in [0.2, 0.25) is 11.8 Å². The molecule has 1 atom stereocenters. The van der Waals surface area contributed by atoms with Crippen LogP contribution in [-0.2, 0) is 9.59 Å². The van der Waals surface area contributed by atoms with Crippen LogP contribution in [0.2, 0.25) is 0 Å². The van der Waals surface area contributed by atoms with Crippen molar-refractivity contribution >= 4 is 11.8 Å². The van der Waals surface area contributed by atoms with E-state index >= 15 is 0 Å². The van der Waals surface area contributed by atoms with Crippen molar-refractivity contribution in [2.75, 3.05) is 0 Å². The monoisotopic (exact) mass is 289 g/mol. The molecule has 1 aliphatic carbocycles. The number of imide groups is 1. The van der Waals surface area contributed by atoms with Crippen LogP contribution in [0.15, 0.2) is 24.3 Å². The number of nitrogens with one attached hydrogen (secondary N) is 1. The first-order valence-corrected chi connectivity index (χ1v) is 7.50. The summed E-state index contributed by atoms with van der Waals surface area (Å²) >= 11 is 0. The van der Waals surface area contributed by atoms with E-state index in [2.05, 4.69) is 19.2 Å². The van der Waals surface area contributed by atoms with Gasteiger partial charge in [-0.25, -0.2) is 4.39 Å². The van der Waals surface area contributed by atoms with Gasteiger partial charge in [0.25, 0.3) is 0 Å². The lowest BCUT2D eigenvalue weighted by atomic mass is 9.50. The Kier molecular flexibility index (Phi) is 3.34. The molecule has 1 unspecified atom stereocenters. The Morgan fingerprint density at radius 1 is 1.29 bits per heavy atom. The largest absolute Gasteiger partial charge is 0.296 e. The van der Waals surface area contributed by atoms with Gasteiger partial charge in [0.15, 0.2) is 0 Å². The molecule has 1 aromatic rings. The molecule has 1 N–H and O–H groups in total. The summed E-state index contributed by atoms with van der Waals surface area (Å²) in [5, 5.41) is 2.41. The van der Waals surface area contributed by atoms with Gasteiger partial charge in [0.1, 0.15) is 5.82 Å². The van der Waals surface area contributed by atoms with E-state index in [1.54, 1.807) is 12.1 Å². The fourth-order valence-electron chi connectivity index (χ4n) is 3.98. The van der Waals surface area contributed by atoms with Crippen LogP contribution in [0.25, 0.3) is 0 Å². The molecule has 2 aliphatic rings. The maximum atomic E-state index is 13.5. The summed E-state index contributed by atoms with van der Waals surface area (Å²) < 4.78 is 13.5. The predicted octanol–water partition coefficient (Wildman–Crippen LogP) is 3.01. The van der Waals surface area contributed by atoms with E-state index in [-0.39, 0.29) is 23.0 Å². The Morgan fingerprint density at radius 3 is 2.62 bits per heavy atom. The normalized spacial score (nSPS) is 32.2. The zero-order valence-electron chi connectivity index (χ0n) is 12.4. The van der Waals surface area contributed by atoms with Crippen LogP contribution >= 0.6 is 0 Å². The third kappa shape index (κ3) is 2.37. The molecule has 0 radical (unpaired) electrons. The first-order valence-electron chi connectivity index (χ1n) is 7.50. The van der Waals surface area contributed by atoms with Crippen molar-refractivity contribution in [1.29, 1.82) is 0 Å². The molecule has 21 heavy (non-hydrogen) atoms. The highest BCUT2D eigenvalue weighted by Gasteiger charge is 2.56. The number of piperidine rings is 1. The van der Waals surface area contributed by atoms with Gasteiger partial charge in [-0.3, -0.25) is 14.9 Å². The van der Waals surface area contributed by atoms with Crippen molar-refractivity contribution in [3.05, 3.63) is 35.6 Å². The van der Waals surface area contributed by atoms with E-state index in [9.17, 15) is 14.0 Å². The van der Waals surface area contributed by atoms with Gasteiger partial charge in [-0.1, -0.05) is 26.0 Å². The van der Waals surface area contributed by atoms with Crippen molar-refractivity contribution < 1.29 is 14.0 Å². The molecule has 3 nitrogen and oxygen atoms in total. The van der Waals surface area contributed by atoms with E-state index in [0.717, 1.165) is 12.8 Å². The average molecular weight is 289 g/mol. The van der Waals surface area contributed by atoms with Gasteiger partial charge >= 0.3 is 0 Å². The fraction of sp³-hybridized carbons (Fsp3) is 0.529. The van der Waals surface area contributed by atoms with Crippen molar-refractivity contribution in [1.82, 2.24) is 5.32 Å². The molecule has 2 amide bonds. The van der Waals surface area contributed by atoms with Crippen molar-refractivity contribution in [3.8, 4) is 0 Å². The van der Waals surface area contributed by atoms with E-state index in [1.165, 1.54) is 12.1 Å². The Bertz CT molecular complexity index is 590. The number of benzene rings is 1. The molecule has 0 bridgehead atoms.